The molecule has 4 heterocycles. The van der Waals surface area contributed by atoms with Gasteiger partial charge in [-0.05, 0) is 159 Å². The van der Waals surface area contributed by atoms with Gasteiger partial charge in [-0.25, -0.2) is 0 Å². The predicted octanol–water partition coefficient (Wildman–Crippen LogP) is 10.6. The molecule has 8 nitrogen and oxygen atoms in total. The molecule has 0 bridgehead atoms. The van der Waals surface area contributed by atoms with E-state index in [0.29, 0.717) is 37.0 Å². The fourth-order valence-electron chi connectivity index (χ4n) is 17.8. The number of hydrogen-bond donors (Lipinski definition) is 3. The van der Waals surface area contributed by atoms with Gasteiger partial charge in [-0.15, -0.1) is 0 Å². The number of nitrogens with zero attached hydrogens (tertiary/aromatic N) is 1. The first-order valence-electron chi connectivity index (χ1n) is 25.7. The average molecular weight is 873 g/mol. The molecule has 3 aromatic rings. The smallest absolute Gasteiger partial charge is 0.163 e. The lowest BCUT2D eigenvalue weighted by Gasteiger charge is -2.73. The van der Waals surface area contributed by atoms with Crippen molar-refractivity contribution in [1.29, 1.82) is 0 Å². The summed E-state index contributed by atoms with van der Waals surface area (Å²) in [4.78, 5) is 33.6. The Labute approximate surface area is 381 Å². The van der Waals surface area contributed by atoms with Gasteiger partial charge in [-0.1, -0.05) is 70.7 Å². The Kier molecular flexibility index (Phi) is 10.4. The zero-order chi connectivity index (χ0) is 44.7. The van der Waals surface area contributed by atoms with Crippen LogP contribution in [0.5, 0.6) is 0 Å². The molecule has 346 valence electrons. The van der Waals surface area contributed by atoms with E-state index in [9.17, 15) is 15.0 Å². The van der Waals surface area contributed by atoms with Crippen LogP contribution >= 0.6 is 0 Å². The Morgan fingerprint density at radius 2 is 1.69 bits per heavy atom. The van der Waals surface area contributed by atoms with Gasteiger partial charge in [0.2, 0.25) is 0 Å². The van der Waals surface area contributed by atoms with E-state index in [0.717, 1.165) is 100 Å². The van der Waals surface area contributed by atoms with Crippen LogP contribution in [0.2, 0.25) is 0 Å². The van der Waals surface area contributed by atoms with E-state index in [1.165, 1.54) is 40.7 Å². The molecule has 64 heavy (non-hydrogen) atoms. The van der Waals surface area contributed by atoms with Crippen LogP contribution in [0.25, 0.3) is 11.0 Å². The summed E-state index contributed by atoms with van der Waals surface area (Å²) in [5.41, 5.74) is 7.99. The quantitative estimate of drug-likeness (QED) is 0.175. The highest BCUT2D eigenvalue weighted by Gasteiger charge is 2.76. The highest BCUT2D eigenvalue weighted by Crippen LogP contribution is 2.79. The van der Waals surface area contributed by atoms with Crippen molar-refractivity contribution in [2.75, 3.05) is 13.2 Å². The monoisotopic (exact) mass is 873 g/mol. The van der Waals surface area contributed by atoms with Gasteiger partial charge in [0.15, 0.2) is 5.78 Å². The molecule has 12 atom stereocenters. The molecular weight excluding hydrogens is 797 g/mol. The molecule has 5 saturated carbocycles. The van der Waals surface area contributed by atoms with Gasteiger partial charge in [0.05, 0.1) is 28.8 Å². The minimum atomic E-state index is -0.682. The van der Waals surface area contributed by atoms with Crippen molar-refractivity contribution >= 4 is 22.6 Å². The third kappa shape index (κ3) is 6.18. The molecule has 0 radical (unpaired) electrons. The van der Waals surface area contributed by atoms with E-state index in [-0.39, 0.29) is 63.3 Å². The highest BCUT2D eigenvalue weighted by atomic mass is 16.6. The van der Waals surface area contributed by atoms with Crippen LogP contribution in [0, 0.1) is 64.1 Å². The number of Topliss-reactive ketones (excluding diaryl/α,β-unsaturated/α-hetero) is 2. The Morgan fingerprint density at radius 3 is 2.42 bits per heavy atom. The van der Waals surface area contributed by atoms with E-state index < -0.39 is 17.6 Å². The third-order valence-electron chi connectivity index (χ3n) is 20.6. The van der Waals surface area contributed by atoms with Crippen LogP contribution in [-0.4, -0.2) is 68.5 Å². The molecule has 2 aliphatic heterocycles. The topological polar surface area (TPSA) is 117 Å². The van der Waals surface area contributed by atoms with E-state index in [4.69, 9.17) is 9.47 Å². The number of allylic oxidation sites excluding steroid dienone is 1. The Balaban J connectivity index is 1.03. The first kappa shape index (κ1) is 43.5. The van der Waals surface area contributed by atoms with Crippen LogP contribution < -0.4 is 0 Å². The summed E-state index contributed by atoms with van der Waals surface area (Å²) in [5, 5.41) is 25.5. The number of ketones is 2. The van der Waals surface area contributed by atoms with Crippen LogP contribution in [0.4, 0.5) is 0 Å². The number of benzene rings is 1. The molecule has 0 unspecified atom stereocenters. The largest absolute Gasteiger partial charge is 0.392 e. The molecule has 8 aliphatic rings. The molecule has 1 aromatic carbocycles. The molecule has 2 saturated heterocycles. The zero-order valence-corrected chi connectivity index (χ0v) is 39.9. The minimum Gasteiger partial charge on any atom is -0.392 e. The number of aromatic amines is 1. The van der Waals surface area contributed by atoms with Gasteiger partial charge in [0.25, 0.3) is 0 Å². The zero-order valence-electron chi connectivity index (χ0n) is 39.9. The van der Waals surface area contributed by atoms with Gasteiger partial charge in [0.1, 0.15) is 11.9 Å². The molecule has 2 aromatic heterocycles. The number of aromatic nitrogens is 2. The number of hydrogen-bond acceptors (Lipinski definition) is 6. The van der Waals surface area contributed by atoms with E-state index in [1.54, 1.807) is 0 Å². The number of H-pyrrole nitrogens is 1. The van der Waals surface area contributed by atoms with Gasteiger partial charge in [-0.3, -0.25) is 9.59 Å². The molecule has 11 rings (SSSR count). The molecule has 6 aliphatic carbocycles. The Hall–Kier alpha value is -3.04. The summed E-state index contributed by atoms with van der Waals surface area (Å²) in [5.74, 6) is 1.25. The van der Waals surface area contributed by atoms with Gasteiger partial charge in [0, 0.05) is 67.7 Å². The van der Waals surface area contributed by atoms with Crippen molar-refractivity contribution in [1.82, 2.24) is 9.55 Å². The third-order valence-corrected chi connectivity index (χ3v) is 20.6. The van der Waals surface area contributed by atoms with Crippen LogP contribution in [-0.2, 0) is 32.0 Å². The maximum Gasteiger partial charge on any atom is 0.163 e. The van der Waals surface area contributed by atoms with Crippen LogP contribution in [0.3, 0.4) is 0 Å². The first-order chi connectivity index (χ1) is 30.5. The van der Waals surface area contributed by atoms with Crippen LogP contribution in [0.1, 0.15) is 160 Å². The number of fused-ring (bicyclic) bond motifs is 3. The number of rotatable bonds is 10. The molecule has 0 amide bonds. The number of nitrogens with one attached hydrogen (secondary N) is 1. The van der Waals surface area contributed by atoms with Crippen molar-refractivity contribution in [3.05, 3.63) is 70.1 Å². The molecule has 8 heteroatoms. The van der Waals surface area contributed by atoms with Crippen molar-refractivity contribution in [2.45, 2.75) is 181 Å². The molecule has 1 spiro atoms. The lowest BCUT2D eigenvalue weighted by molar-refractivity contribution is -0.248. The van der Waals surface area contributed by atoms with Gasteiger partial charge >= 0.3 is 0 Å². The number of carbonyl (C=O) groups excluding carboxylic acids is 2. The Bertz CT molecular complexity index is 2380. The van der Waals surface area contributed by atoms with Crippen molar-refractivity contribution in [3.63, 3.8) is 0 Å². The van der Waals surface area contributed by atoms with Crippen LogP contribution in [0.15, 0.2) is 47.8 Å². The second-order valence-electron chi connectivity index (χ2n) is 24.1. The number of aliphatic hydroxyl groups excluding tert-OH is 2. The Morgan fingerprint density at radius 1 is 0.938 bits per heavy atom. The average Bonchev–Trinajstić information content (AvgIpc) is 3.82. The lowest BCUT2D eigenvalue weighted by atomic mass is 9.31. The predicted molar refractivity (Wildman–Crippen MR) is 250 cm³/mol. The molecule has 7 fully saturated rings. The number of epoxide rings is 1. The van der Waals surface area contributed by atoms with Crippen molar-refractivity contribution in [3.8, 4) is 0 Å². The summed E-state index contributed by atoms with van der Waals surface area (Å²) < 4.78 is 14.1. The summed E-state index contributed by atoms with van der Waals surface area (Å²) in [7, 11) is 0. The number of ether oxygens (including phenoxy) is 2. The SMILES string of the molecule is Cc1cc(Cc2cn(C[C@H]3C4=C([C@H](C)C[C@@H](O)[C@H]5OC5(C)C)C(=O)[C@@H]5CCC[C@@]6(CC[C@@H]7[C@@](C)(CCC(=O)[C@@]7(C)C7CCCC7)[C@H]6[C@@H]3O)[C@]45C)c3cc[nH]c23)cc(C2CCOCC2)c1. The van der Waals surface area contributed by atoms with Crippen molar-refractivity contribution < 1.29 is 29.3 Å². The maximum atomic E-state index is 15.5. The fraction of sp³-hybridized carbons (Fsp3) is 0.714. The lowest BCUT2D eigenvalue weighted by Crippen LogP contribution is -2.71. The normalized spacial score (nSPS) is 39.5. The number of aryl methyl sites for hydroxylation is 1. The van der Waals surface area contributed by atoms with E-state index in [1.807, 2.05) is 13.8 Å². The standard InChI is InChI=1S/C56H76N2O6/c1-32-25-34(28-36(26-32)35-17-23-63-24-18-35)29-37-30-58(41-16-22-57-47(37)41)31-39-46-45(33(2)27-42(59)51-52(3,4)64-51)49(62)40-13-10-19-56(55(40,46)7)21-14-43-53(5,50(56)48(39)61)20-15-44(60)54(43,6)38-11-8-9-12-38/h16,22,25-26,28,30,33,35,38-40,42-43,48,50-51,57,59,61H,8-15,17-21,23-24,27,29,31H2,1-7H3/t33-,39+,40+,42-,43-,48-,50-,51-,53-,54+,55+,56+/m1/s1. The molecular formula is C56H76N2O6. The van der Waals surface area contributed by atoms with E-state index in [2.05, 4.69) is 80.8 Å². The van der Waals surface area contributed by atoms with Crippen molar-refractivity contribution in [2.24, 2.45) is 57.2 Å². The second-order valence-corrected chi connectivity index (χ2v) is 24.1. The number of carbonyl (C=O) groups is 2. The summed E-state index contributed by atoms with van der Waals surface area (Å²) >= 11 is 0. The fourth-order valence-corrected chi connectivity index (χ4v) is 17.8. The second kappa shape index (κ2) is 15.2. The minimum absolute atomic E-state index is 0.0320. The highest BCUT2D eigenvalue weighted by molar-refractivity contribution is 6.03. The summed E-state index contributed by atoms with van der Waals surface area (Å²) in [6.45, 7) is 18.0. The molecule has 3 N–H and O–H groups in total. The van der Waals surface area contributed by atoms with Gasteiger partial charge < -0.3 is 29.2 Å². The van der Waals surface area contributed by atoms with Gasteiger partial charge in [-0.2, -0.15) is 0 Å². The first-order valence-corrected chi connectivity index (χ1v) is 25.7. The summed E-state index contributed by atoms with van der Waals surface area (Å²) in [6, 6.07) is 9.31. The maximum absolute atomic E-state index is 15.5. The number of aliphatic hydroxyl groups is 2. The van der Waals surface area contributed by atoms with E-state index >= 15 is 4.79 Å². The summed E-state index contributed by atoms with van der Waals surface area (Å²) in [6.07, 6.45) is 17.1.